The highest BCUT2D eigenvalue weighted by molar-refractivity contribution is 9.10. The van der Waals surface area contributed by atoms with Crippen LogP contribution < -0.4 is 15.5 Å². The maximum atomic E-state index is 11.8. The van der Waals surface area contributed by atoms with Crippen LogP contribution >= 0.6 is 15.9 Å². The predicted octanol–water partition coefficient (Wildman–Crippen LogP) is 2.25. The summed E-state index contributed by atoms with van der Waals surface area (Å²) in [5.41, 5.74) is 2.89. The number of hydrogen-bond acceptors (Lipinski definition) is 5. The summed E-state index contributed by atoms with van der Waals surface area (Å²) >= 11 is 3.25. The van der Waals surface area contributed by atoms with E-state index >= 15 is 0 Å². The highest BCUT2D eigenvalue weighted by Crippen LogP contribution is 2.20. The van der Waals surface area contributed by atoms with Gasteiger partial charge in [-0.3, -0.25) is 9.59 Å². The maximum absolute atomic E-state index is 11.8. The molecule has 0 bridgehead atoms. The van der Waals surface area contributed by atoms with Crippen LogP contribution in [0.5, 0.6) is 11.5 Å². The Kier molecular flexibility index (Phi) is 5.91. The van der Waals surface area contributed by atoms with Gasteiger partial charge in [-0.2, -0.15) is 5.10 Å². The molecule has 2 rings (SSSR count). The summed E-state index contributed by atoms with van der Waals surface area (Å²) in [4.78, 5) is 23.5. The van der Waals surface area contributed by atoms with Gasteiger partial charge in [0.25, 0.3) is 0 Å². The van der Waals surface area contributed by atoms with Gasteiger partial charge in [-0.15, -0.1) is 0 Å². The Morgan fingerprint density at radius 1 is 1.21 bits per heavy atom. The van der Waals surface area contributed by atoms with Crippen molar-refractivity contribution < 1.29 is 19.4 Å². The number of carbonyl (C=O) groups excluding carboxylic acids is 2. The molecule has 0 spiro atoms. The number of hydrazone groups is 1. The highest BCUT2D eigenvalue weighted by atomic mass is 79.9. The zero-order valence-corrected chi connectivity index (χ0v) is 14.2. The van der Waals surface area contributed by atoms with Gasteiger partial charge in [0.1, 0.15) is 11.5 Å². The lowest BCUT2D eigenvalue weighted by Crippen LogP contribution is -2.32. The number of rotatable bonds is 4. The van der Waals surface area contributed by atoms with Crippen LogP contribution in [0, 0.1) is 0 Å². The lowest BCUT2D eigenvalue weighted by molar-refractivity contribution is -0.136. The summed E-state index contributed by atoms with van der Waals surface area (Å²) in [6, 6.07) is 11.3. The van der Waals surface area contributed by atoms with Crippen molar-refractivity contribution in [1.82, 2.24) is 5.43 Å². The fourth-order valence-corrected chi connectivity index (χ4v) is 2.11. The second-order valence-corrected chi connectivity index (χ2v) is 5.50. The number of benzene rings is 2. The summed E-state index contributed by atoms with van der Waals surface area (Å²) in [6.07, 6.45) is 1.23. The monoisotopic (exact) mass is 391 g/mol. The van der Waals surface area contributed by atoms with Crippen LogP contribution in [0.3, 0.4) is 0 Å². The Bertz CT molecular complexity index is 793. The molecule has 2 aromatic carbocycles. The van der Waals surface area contributed by atoms with Crippen molar-refractivity contribution >= 4 is 39.6 Å². The lowest BCUT2D eigenvalue weighted by atomic mass is 10.2. The van der Waals surface area contributed by atoms with Crippen LogP contribution in [-0.4, -0.2) is 30.2 Å². The number of phenols is 1. The molecule has 8 heteroatoms. The fraction of sp³-hybridized carbons (Fsp3) is 0.0625. The van der Waals surface area contributed by atoms with Gasteiger partial charge in [-0.1, -0.05) is 22.0 Å². The van der Waals surface area contributed by atoms with Crippen molar-refractivity contribution in [3.63, 3.8) is 0 Å². The molecule has 24 heavy (non-hydrogen) atoms. The fourth-order valence-electron chi connectivity index (χ4n) is 1.73. The van der Waals surface area contributed by atoms with Gasteiger partial charge in [-0.25, -0.2) is 5.43 Å². The second-order valence-electron chi connectivity index (χ2n) is 4.59. The van der Waals surface area contributed by atoms with Crippen molar-refractivity contribution in [3.8, 4) is 11.5 Å². The number of ether oxygens (including phenoxy) is 1. The Balaban J connectivity index is 1.95. The molecular weight excluding hydrogens is 378 g/mol. The van der Waals surface area contributed by atoms with Crippen LogP contribution in [0.2, 0.25) is 0 Å². The van der Waals surface area contributed by atoms with E-state index in [2.05, 4.69) is 31.8 Å². The van der Waals surface area contributed by atoms with Gasteiger partial charge in [0, 0.05) is 21.8 Å². The summed E-state index contributed by atoms with van der Waals surface area (Å²) in [5.74, 6) is -1.27. The zero-order valence-electron chi connectivity index (χ0n) is 12.6. The van der Waals surface area contributed by atoms with Gasteiger partial charge in [-0.05, 0) is 30.3 Å². The number of carbonyl (C=O) groups is 2. The Labute approximate surface area is 146 Å². The van der Waals surface area contributed by atoms with Gasteiger partial charge >= 0.3 is 11.8 Å². The van der Waals surface area contributed by atoms with Crippen LogP contribution in [0.15, 0.2) is 52.0 Å². The smallest absolute Gasteiger partial charge is 0.329 e. The first-order chi connectivity index (χ1) is 11.5. The van der Waals surface area contributed by atoms with Crippen molar-refractivity contribution in [2.75, 3.05) is 12.4 Å². The van der Waals surface area contributed by atoms with E-state index in [0.717, 1.165) is 4.47 Å². The molecule has 0 radical (unpaired) electrons. The molecule has 0 aromatic heterocycles. The molecule has 0 aliphatic rings. The average Bonchev–Trinajstić information content (AvgIpc) is 2.58. The van der Waals surface area contributed by atoms with E-state index in [-0.39, 0.29) is 5.75 Å². The van der Waals surface area contributed by atoms with E-state index < -0.39 is 11.8 Å². The molecule has 0 heterocycles. The third-order valence-electron chi connectivity index (χ3n) is 2.89. The number of nitrogens with zero attached hydrogens (tertiary/aromatic N) is 1. The van der Waals surface area contributed by atoms with Gasteiger partial charge in [0.05, 0.1) is 13.3 Å². The quantitative estimate of drug-likeness (QED) is 0.422. The molecule has 0 atom stereocenters. The van der Waals surface area contributed by atoms with Crippen LogP contribution in [0.4, 0.5) is 5.69 Å². The average molecular weight is 392 g/mol. The molecule has 0 aliphatic carbocycles. The topological polar surface area (TPSA) is 100 Å². The molecule has 7 nitrogen and oxygen atoms in total. The molecule has 0 saturated heterocycles. The van der Waals surface area contributed by atoms with E-state index in [1.807, 2.05) is 0 Å². The number of amides is 2. The standard InChI is InChI=1S/C16H14BrN3O4/c1-24-13-4-2-3-12(8-13)19-15(22)16(23)20-18-9-10-7-11(17)5-6-14(10)21/h2-9,21H,1H3,(H,19,22)(H,20,23)/b18-9+. The van der Waals surface area contributed by atoms with Gasteiger partial charge < -0.3 is 15.2 Å². The number of halogens is 1. The van der Waals surface area contributed by atoms with Crippen molar-refractivity contribution in [1.29, 1.82) is 0 Å². The molecule has 0 fully saturated rings. The Morgan fingerprint density at radius 3 is 2.75 bits per heavy atom. The number of nitrogens with one attached hydrogen (secondary N) is 2. The van der Waals surface area contributed by atoms with Crippen molar-refractivity contribution in [2.45, 2.75) is 0 Å². The van der Waals surface area contributed by atoms with E-state index in [1.165, 1.54) is 19.4 Å². The van der Waals surface area contributed by atoms with E-state index in [0.29, 0.717) is 17.0 Å². The summed E-state index contributed by atoms with van der Waals surface area (Å²) in [7, 11) is 1.50. The number of anilines is 1. The molecule has 0 unspecified atom stereocenters. The van der Waals surface area contributed by atoms with Crippen LogP contribution in [0.25, 0.3) is 0 Å². The minimum Gasteiger partial charge on any atom is -0.507 e. The molecule has 124 valence electrons. The van der Waals surface area contributed by atoms with E-state index in [1.54, 1.807) is 36.4 Å². The lowest BCUT2D eigenvalue weighted by Gasteiger charge is -2.06. The van der Waals surface area contributed by atoms with Crippen molar-refractivity contribution in [2.24, 2.45) is 5.10 Å². The molecule has 3 N–H and O–H groups in total. The van der Waals surface area contributed by atoms with E-state index in [9.17, 15) is 14.7 Å². The SMILES string of the molecule is COc1cccc(NC(=O)C(=O)N/N=C/c2cc(Br)ccc2O)c1. The number of phenolic OH excluding ortho intramolecular Hbond substituents is 1. The summed E-state index contributed by atoms with van der Waals surface area (Å²) < 4.78 is 5.77. The normalized spacial score (nSPS) is 10.4. The molecule has 2 amide bonds. The summed E-state index contributed by atoms with van der Waals surface area (Å²) in [6.45, 7) is 0. The van der Waals surface area contributed by atoms with Crippen molar-refractivity contribution in [3.05, 3.63) is 52.5 Å². The minimum absolute atomic E-state index is 0.00275. The third kappa shape index (κ3) is 4.82. The summed E-state index contributed by atoms with van der Waals surface area (Å²) in [5, 5.41) is 15.7. The first-order valence-corrected chi connectivity index (χ1v) is 7.56. The predicted molar refractivity (Wildman–Crippen MR) is 93.2 cm³/mol. The Morgan fingerprint density at radius 2 is 2.00 bits per heavy atom. The van der Waals surface area contributed by atoms with E-state index in [4.69, 9.17) is 4.74 Å². The largest absolute Gasteiger partial charge is 0.507 e. The zero-order chi connectivity index (χ0) is 17.5. The molecule has 2 aromatic rings. The Hall–Kier alpha value is -2.87. The number of hydrogen-bond donors (Lipinski definition) is 3. The first kappa shape index (κ1) is 17.5. The molecule has 0 saturated carbocycles. The molecule has 0 aliphatic heterocycles. The van der Waals surface area contributed by atoms with Crippen LogP contribution in [-0.2, 0) is 9.59 Å². The number of methoxy groups -OCH3 is 1. The van der Waals surface area contributed by atoms with Gasteiger partial charge in [0.2, 0.25) is 0 Å². The maximum Gasteiger partial charge on any atom is 0.329 e. The second kappa shape index (κ2) is 8.11. The first-order valence-electron chi connectivity index (χ1n) is 6.76. The minimum atomic E-state index is -0.941. The third-order valence-corrected chi connectivity index (χ3v) is 3.39. The van der Waals surface area contributed by atoms with Gasteiger partial charge in [0.15, 0.2) is 0 Å². The highest BCUT2D eigenvalue weighted by Gasteiger charge is 2.13. The number of aromatic hydroxyl groups is 1. The van der Waals surface area contributed by atoms with Crippen LogP contribution in [0.1, 0.15) is 5.56 Å². The molecular formula is C16H14BrN3O4.